The van der Waals surface area contributed by atoms with Crippen LogP contribution in [-0.4, -0.2) is 41.6 Å². The molecule has 7 heteroatoms. The maximum atomic E-state index is 9.66. The summed E-state index contributed by atoms with van der Waals surface area (Å²) in [6, 6.07) is -2.08. The molecule has 46 valence electrons. The molecule has 0 fully saturated rings. The van der Waals surface area contributed by atoms with E-state index in [1.165, 1.54) is 0 Å². The van der Waals surface area contributed by atoms with Crippen molar-refractivity contribution in [3.8, 4) is 0 Å². The summed E-state index contributed by atoms with van der Waals surface area (Å²) in [5.74, 6) is 0. The summed E-state index contributed by atoms with van der Waals surface area (Å²) in [6.45, 7) is 0. The van der Waals surface area contributed by atoms with Gasteiger partial charge in [0, 0.05) is 0 Å². The second kappa shape index (κ2) is 5.67. The van der Waals surface area contributed by atoms with Crippen LogP contribution in [0.5, 0.6) is 0 Å². The molecule has 0 aromatic heterocycles. The molecule has 4 amide bonds. The first kappa shape index (κ1) is 11.4. The summed E-state index contributed by atoms with van der Waals surface area (Å²) in [4.78, 5) is 19.3. The van der Waals surface area contributed by atoms with Gasteiger partial charge in [0.25, 0.3) is 0 Å². The minimum atomic E-state index is -1.04. The molecule has 9 heavy (non-hydrogen) atoms. The molecule has 0 aliphatic heterocycles. The van der Waals surface area contributed by atoms with Gasteiger partial charge in [0.05, 0.1) is 0 Å². The van der Waals surface area contributed by atoms with Crippen LogP contribution in [0.15, 0.2) is 10.2 Å². The molecule has 0 aliphatic carbocycles. The van der Waals surface area contributed by atoms with Crippen molar-refractivity contribution in [2.45, 2.75) is 0 Å². The first-order valence-electron chi connectivity index (χ1n) is 1.63. The molecule has 4 N–H and O–H groups in total. The van der Waals surface area contributed by atoms with Crippen LogP contribution in [0.1, 0.15) is 0 Å². The Morgan fingerprint density at radius 1 is 1.00 bits per heavy atom. The van der Waals surface area contributed by atoms with Crippen LogP contribution < -0.4 is 11.5 Å². The van der Waals surface area contributed by atoms with Gasteiger partial charge < -0.3 is 11.5 Å². The fraction of sp³-hybridized carbons (Fsp3) is 0. The van der Waals surface area contributed by atoms with E-state index in [0.717, 1.165) is 0 Å². The van der Waals surface area contributed by atoms with Gasteiger partial charge in [-0.2, -0.15) is 0 Å². The van der Waals surface area contributed by atoms with E-state index in [0.29, 0.717) is 0 Å². The van der Waals surface area contributed by atoms with Crippen LogP contribution >= 0.6 is 0 Å². The summed E-state index contributed by atoms with van der Waals surface area (Å²) in [7, 11) is 0. The standard InChI is InChI=1S/C2H4N4O2.Na.H/c3-1(7)5-6-2(4)8;;/h(H2,3,7)(H2,4,8);;. The van der Waals surface area contributed by atoms with Gasteiger partial charge in [-0.25, -0.2) is 9.59 Å². The summed E-state index contributed by atoms with van der Waals surface area (Å²) >= 11 is 0. The minimum absolute atomic E-state index is 0. The Balaban J connectivity index is 0. The Morgan fingerprint density at radius 3 is 1.33 bits per heavy atom. The third kappa shape index (κ3) is 11.2. The number of carbonyl (C=O) groups excluding carboxylic acids is 2. The second-order valence-corrected chi connectivity index (χ2v) is 0.876. The third-order valence-corrected chi connectivity index (χ3v) is 0.247. The van der Waals surface area contributed by atoms with Gasteiger partial charge in [-0.05, 0) is 0 Å². The quantitative estimate of drug-likeness (QED) is 0.330. The summed E-state index contributed by atoms with van der Waals surface area (Å²) < 4.78 is 0. The average molecular weight is 140 g/mol. The van der Waals surface area contributed by atoms with Crippen molar-refractivity contribution in [2.75, 3.05) is 0 Å². The van der Waals surface area contributed by atoms with Crippen LogP contribution in [0, 0.1) is 0 Å². The SMILES string of the molecule is NC(=O)N=NC(N)=O.[NaH]. The van der Waals surface area contributed by atoms with Crippen LogP contribution in [-0.2, 0) is 0 Å². The number of urea groups is 2. The van der Waals surface area contributed by atoms with Crippen molar-refractivity contribution >= 4 is 41.6 Å². The Kier molecular flexibility index (Phi) is 7.15. The van der Waals surface area contributed by atoms with Gasteiger partial charge in [-0.3, -0.25) is 0 Å². The number of carbonyl (C=O) groups is 2. The van der Waals surface area contributed by atoms with Gasteiger partial charge in [0.2, 0.25) is 0 Å². The van der Waals surface area contributed by atoms with Gasteiger partial charge in [0.1, 0.15) is 0 Å². The monoisotopic (exact) mass is 140 g/mol. The van der Waals surface area contributed by atoms with Crippen molar-refractivity contribution in [2.24, 2.45) is 21.7 Å². The van der Waals surface area contributed by atoms with Crippen molar-refractivity contribution in [1.29, 1.82) is 0 Å². The number of hydrogen-bond donors (Lipinski definition) is 2. The number of primary amides is 2. The molecule has 0 aromatic rings. The predicted molar refractivity (Wildman–Crippen MR) is 31.2 cm³/mol. The molecule has 0 rings (SSSR count). The maximum absolute atomic E-state index is 9.66. The molecule has 0 saturated heterocycles. The van der Waals surface area contributed by atoms with Crippen LogP contribution in [0.25, 0.3) is 0 Å². The van der Waals surface area contributed by atoms with Crippen LogP contribution in [0.2, 0.25) is 0 Å². The second-order valence-electron chi connectivity index (χ2n) is 0.876. The van der Waals surface area contributed by atoms with E-state index in [1.54, 1.807) is 0 Å². The van der Waals surface area contributed by atoms with E-state index in [1.807, 2.05) is 0 Å². The predicted octanol–water partition coefficient (Wildman–Crippen LogP) is -1.05. The number of amides is 4. The molecule has 0 aliphatic rings. The molecular weight excluding hydrogens is 135 g/mol. The Morgan fingerprint density at radius 2 is 1.22 bits per heavy atom. The summed E-state index contributed by atoms with van der Waals surface area (Å²) in [6.07, 6.45) is 0. The number of rotatable bonds is 0. The fourth-order valence-electron chi connectivity index (χ4n) is 0.0986. The van der Waals surface area contributed by atoms with Crippen molar-refractivity contribution in [1.82, 2.24) is 0 Å². The molecule has 6 nitrogen and oxygen atoms in total. The van der Waals surface area contributed by atoms with Gasteiger partial charge in [-0.1, -0.05) is 10.2 Å². The molecular formula is C2H5N4NaO2. The molecule has 0 saturated carbocycles. The zero-order chi connectivity index (χ0) is 6.57. The van der Waals surface area contributed by atoms with E-state index in [4.69, 9.17) is 0 Å². The van der Waals surface area contributed by atoms with Crippen molar-refractivity contribution < 1.29 is 9.59 Å². The number of nitrogens with two attached hydrogens (primary N) is 2. The molecule has 0 aromatic carbocycles. The van der Waals surface area contributed by atoms with E-state index < -0.39 is 12.1 Å². The first-order valence-corrected chi connectivity index (χ1v) is 1.63. The van der Waals surface area contributed by atoms with Crippen LogP contribution in [0.3, 0.4) is 0 Å². The third-order valence-electron chi connectivity index (χ3n) is 0.247. The summed E-state index contributed by atoms with van der Waals surface area (Å²) in [5.41, 5.74) is 8.87. The molecule has 0 atom stereocenters. The summed E-state index contributed by atoms with van der Waals surface area (Å²) in [5, 5.41) is 5.23. The van der Waals surface area contributed by atoms with Crippen molar-refractivity contribution in [3.63, 3.8) is 0 Å². The van der Waals surface area contributed by atoms with Crippen molar-refractivity contribution in [3.05, 3.63) is 0 Å². The Labute approximate surface area is 73.0 Å². The zero-order valence-corrected chi connectivity index (χ0v) is 3.87. The number of hydrogen-bond acceptors (Lipinski definition) is 2. The normalized spacial score (nSPS) is 8.44. The molecule has 0 unspecified atom stereocenters. The molecule has 0 spiro atoms. The Hall–Kier alpha value is -0.460. The van der Waals surface area contributed by atoms with Gasteiger partial charge in [0.15, 0.2) is 0 Å². The van der Waals surface area contributed by atoms with E-state index in [-0.39, 0.29) is 29.6 Å². The first-order chi connectivity index (χ1) is 3.63. The van der Waals surface area contributed by atoms with Crippen LogP contribution in [0.4, 0.5) is 9.59 Å². The van der Waals surface area contributed by atoms with Gasteiger partial charge in [-0.15, -0.1) is 0 Å². The Bertz CT molecular complexity index is 128. The average Bonchev–Trinajstić information content (AvgIpc) is 1.61. The van der Waals surface area contributed by atoms with E-state index in [2.05, 4.69) is 21.7 Å². The molecule has 0 heterocycles. The fourth-order valence-corrected chi connectivity index (χ4v) is 0.0986. The zero-order valence-electron chi connectivity index (χ0n) is 3.87. The molecule has 0 bridgehead atoms. The van der Waals surface area contributed by atoms with E-state index >= 15 is 0 Å². The molecule has 0 radical (unpaired) electrons. The number of azo groups is 1. The topological polar surface area (TPSA) is 111 Å². The van der Waals surface area contributed by atoms with Gasteiger partial charge >= 0.3 is 41.6 Å². The number of nitrogens with zero attached hydrogens (tertiary/aromatic N) is 2. The van der Waals surface area contributed by atoms with E-state index in [9.17, 15) is 9.59 Å².